The van der Waals surface area contributed by atoms with Gasteiger partial charge in [-0.1, -0.05) is 12.1 Å². The standard InChI is InChI=1S/C22H20N4O4S/c1-12(28)23-9-20-19-7-15-6-13(3-5-18(15)26(19)22(29)30-20)14-2-4-17(24-8-14)21-25-16(10-27)11-31-21/h2-6,8,11,19-20,27H,7,9-10H2,1H3,(H,23,28)/t19-,20-/m0/s1. The topological polar surface area (TPSA) is 105 Å². The van der Waals surface area contributed by atoms with Gasteiger partial charge in [0.15, 0.2) is 0 Å². The van der Waals surface area contributed by atoms with Gasteiger partial charge in [-0.15, -0.1) is 11.3 Å². The van der Waals surface area contributed by atoms with Gasteiger partial charge in [0, 0.05) is 24.1 Å². The number of hydrogen-bond donors (Lipinski definition) is 2. The third kappa shape index (κ3) is 3.55. The Labute approximate surface area is 182 Å². The fraction of sp³-hybridized carbons (Fsp3) is 0.273. The van der Waals surface area contributed by atoms with Crippen molar-refractivity contribution in [1.29, 1.82) is 0 Å². The number of aliphatic hydroxyl groups is 1. The molecule has 2 atom stereocenters. The Bertz CT molecular complexity index is 1160. The molecule has 0 saturated carbocycles. The lowest BCUT2D eigenvalue weighted by molar-refractivity contribution is -0.119. The van der Waals surface area contributed by atoms with Crippen molar-refractivity contribution in [3.63, 3.8) is 0 Å². The van der Waals surface area contributed by atoms with Gasteiger partial charge in [-0.25, -0.2) is 9.78 Å². The first-order valence-electron chi connectivity index (χ1n) is 9.93. The fourth-order valence-corrected chi connectivity index (χ4v) is 4.85. The van der Waals surface area contributed by atoms with E-state index >= 15 is 0 Å². The van der Waals surface area contributed by atoms with Gasteiger partial charge in [-0.3, -0.25) is 14.7 Å². The van der Waals surface area contributed by atoms with Crippen LogP contribution in [0.2, 0.25) is 0 Å². The molecule has 0 unspecified atom stereocenters. The Morgan fingerprint density at radius 1 is 1.32 bits per heavy atom. The highest BCUT2D eigenvalue weighted by Crippen LogP contribution is 2.40. The number of nitrogens with zero attached hydrogens (tertiary/aromatic N) is 3. The quantitative estimate of drug-likeness (QED) is 0.637. The normalized spacial score (nSPS) is 19.2. The summed E-state index contributed by atoms with van der Waals surface area (Å²) in [4.78, 5) is 34.2. The molecule has 31 heavy (non-hydrogen) atoms. The van der Waals surface area contributed by atoms with Gasteiger partial charge < -0.3 is 15.2 Å². The molecule has 0 bridgehead atoms. The number of hydrogen-bond acceptors (Lipinski definition) is 7. The Hall–Kier alpha value is -3.30. The van der Waals surface area contributed by atoms with Crippen LogP contribution in [0, 0.1) is 0 Å². The summed E-state index contributed by atoms with van der Waals surface area (Å²) in [7, 11) is 0. The lowest BCUT2D eigenvalue weighted by Gasteiger charge is -2.16. The van der Waals surface area contributed by atoms with Crippen LogP contribution in [0.4, 0.5) is 10.5 Å². The van der Waals surface area contributed by atoms with Crippen LogP contribution in [0.15, 0.2) is 41.9 Å². The number of anilines is 1. The molecule has 1 fully saturated rings. The van der Waals surface area contributed by atoms with Crippen LogP contribution in [0.3, 0.4) is 0 Å². The van der Waals surface area contributed by atoms with Gasteiger partial charge in [-0.2, -0.15) is 0 Å². The molecule has 158 valence electrons. The van der Waals surface area contributed by atoms with E-state index in [0.717, 1.165) is 33.1 Å². The van der Waals surface area contributed by atoms with Gasteiger partial charge in [0.2, 0.25) is 5.91 Å². The summed E-state index contributed by atoms with van der Waals surface area (Å²) in [6.45, 7) is 1.67. The Kier molecular flexibility index (Phi) is 4.91. The lowest BCUT2D eigenvalue weighted by Crippen LogP contribution is -2.40. The molecule has 5 rings (SSSR count). The molecule has 0 aliphatic carbocycles. The first-order valence-corrected chi connectivity index (χ1v) is 10.8. The van der Waals surface area contributed by atoms with Gasteiger partial charge in [0.05, 0.1) is 36.3 Å². The number of thiazole rings is 1. The van der Waals surface area contributed by atoms with E-state index < -0.39 is 0 Å². The van der Waals surface area contributed by atoms with Crippen molar-refractivity contribution in [2.24, 2.45) is 0 Å². The molecule has 0 spiro atoms. The molecular formula is C22H20N4O4S. The molecule has 2 N–H and O–H groups in total. The maximum absolute atomic E-state index is 12.4. The summed E-state index contributed by atoms with van der Waals surface area (Å²) in [5.74, 6) is -0.145. The van der Waals surface area contributed by atoms with Crippen molar-refractivity contribution in [1.82, 2.24) is 15.3 Å². The number of ether oxygens (including phenoxy) is 1. The highest BCUT2D eigenvalue weighted by atomic mass is 32.1. The van der Waals surface area contributed by atoms with E-state index in [0.29, 0.717) is 18.7 Å². The molecule has 4 heterocycles. The van der Waals surface area contributed by atoms with Gasteiger partial charge in [-0.05, 0) is 35.7 Å². The molecule has 9 heteroatoms. The average Bonchev–Trinajstić information content (AvgIpc) is 3.47. The number of nitrogens with one attached hydrogen (secondary N) is 1. The van der Waals surface area contributed by atoms with Gasteiger partial charge >= 0.3 is 6.09 Å². The largest absolute Gasteiger partial charge is 0.442 e. The zero-order valence-electron chi connectivity index (χ0n) is 16.7. The van der Waals surface area contributed by atoms with Crippen molar-refractivity contribution < 1.29 is 19.4 Å². The summed E-state index contributed by atoms with van der Waals surface area (Å²) in [5, 5.41) is 14.5. The highest BCUT2D eigenvalue weighted by Gasteiger charge is 2.47. The number of cyclic esters (lactones) is 1. The summed E-state index contributed by atoms with van der Waals surface area (Å²) in [6, 6.07) is 9.79. The average molecular weight is 436 g/mol. The van der Waals surface area contributed by atoms with Crippen molar-refractivity contribution >= 4 is 29.0 Å². The lowest BCUT2D eigenvalue weighted by atomic mass is 10.0. The van der Waals surface area contributed by atoms with Crippen LogP contribution >= 0.6 is 11.3 Å². The Balaban J connectivity index is 1.37. The van der Waals surface area contributed by atoms with E-state index in [2.05, 4.69) is 21.4 Å². The van der Waals surface area contributed by atoms with Crippen LogP contribution in [-0.4, -0.2) is 45.8 Å². The van der Waals surface area contributed by atoms with Crippen LogP contribution in [0.25, 0.3) is 21.8 Å². The molecule has 2 aliphatic rings. The third-order valence-electron chi connectivity index (χ3n) is 5.56. The molecule has 1 saturated heterocycles. The van der Waals surface area contributed by atoms with Crippen LogP contribution in [0.5, 0.6) is 0 Å². The molecular weight excluding hydrogens is 416 g/mol. The maximum Gasteiger partial charge on any atom is 0.415 e. The maximum atomic E-state index is 12.4. The number of rotatable bonds is 5. The second-order valence-electron chi connectivity index (χ2n) is 7.58. The van der Waals surface area contributed by atoms with Crippen molar-refractivity contribution in [2.45, 2.75) is 32.1 Å². The number of aromatic nitrogens is 2. The monoisotopic (exact) mass is 436 g/mol. The number of pyridine rings is 1. The fourth-order valence-electron chi connectivity index (χ4n) is 4.07. The molecule has 2 aliphatic heterocycles. The van der Waals surface area contributed by atoms with E-state index in [1.165, 1.54) is 18.3 Å². The molecule has 3 aromatic rings. The molecule has 2 aromatic heterocycles. The zero-order chi connectivity index (χ0) is 21.5. The van der Waals surface area contributed by atoms with Crippen LogP contribution in [-0.2, 0) is 22.6 Å². The number of fused-ring (bicyclic) bond motifs is 3. The number of amides is 2. The predicted octanol–water partition coefficient (Wildman–Crippen LogP) is 2.75. The molecule has 1 aromatic carbocycles. The van der Waals surface area contributed by atoms with Crippen molar-refractivity contribution in [2.75, 3.05) is 11.4 Å². The molecule has 8 nitrogen and oxygen atoms in total. The first kappa shape index (κ1) is 19.7. The van der Waals surface area contributed by atoms with Crippen LogP contribution < -0.4 is 10.2 Å². The second kappa shape index (κ2) is 7.75. The van der Waals surface area contributed by atoms with Gasteiger partial charge in [0.25, 0.3) is 0 Å². The summed E-state index contributed by atoms with van der Waals surface area (Å²) >= 11 is 1.45. The highest BCUT2D eigenvalue weighted by molar-refractivity contribution is 7.13. The van der Waals surface area contributed by atoms with Gasteiger partial charge in [0.1, 0.15) is 11.1 Å². The summed E-state index contributed by atoms with van der Waals surface area (Å²) in [5.41, 5.74) is 5.31. The second-order valence-corrected chi connectivity index (χ2v) is 8.44. The first-order chi connectivity index (χ1) is 15.0. The van der Waals surface area contributed by atoms with E-state index in [-0.39, 0.29) is 30.8 Å². The minimum atomic E-state index is -0.372. The van der Waals surface area contributed by atoms with E-state index in [9.17, 15) is 14.7 Å². The number of aliphatic hydroxyl groups excluding tert-OH is 1. The van der Waals surface area contributed by atoms with Crippen LogP contribution in [0.1, 0.15) is 18.2 Å². The summed E-state index contributed by atoms with van der Waals surface area (Å²) in [6.07, 6.45) is 1.74. The smallest absolute Gasteiger partial charge is 0.415 e. The van der Waals surface area contributed by atoms with E-state index in [1.807, 2.05) is 29.6 Å². The Morgan fingerprint density at radius 3 is 2.87 bits per heavy atom. The SMILES string of the molecule is CC(=O)NC[C@@H]1OC(=O)N2c3ccc(-c4ccc(-c5nc(CO)cs5)nc4)cc3C[C@@H]12. The molecule has 2 amide bonds. The summed E-state index contributed by atoms with van der Waals surface area (Å²) < 4.78 is 5.46. The Morgan fingerprint density at radius 2 is 2.16 bits per heavy atom. The van der Waals surface area contributed by atoms with E-state index in [4.69, 9.17) is 4.74 Å². The van der Waals surface area contributed by atoms with E-state index in [1.54, 1.807) is 11.1 Å². The minimum Gasteiger partial charge on any atom is -0.442 e. The number of carbonyl (C=O) groups excluding carboxylic acids is 2. The van der Waals surface area contributed by atoms with Crippen molar-refractivity contribution in [3.8, 4) is 21.8 Å². The molecule has 0 radical (unpaired) electrons. The predicted molar refractivity (Wildman–Crippen MR) is 116 cm³/mol. The van der Waals surface area contributed by atoms with Crippen molar-refractivity contribution in [3.05, 3.63) is 53.2 Å². The number of benzene rings is 1. The third-order valence-corrected chi connectivity index (χ3v) is 6.47. The minimum absolute atomic E-state index is 0.0824. The number of carbonyl (C=O) groups is 2. The zero-order valence-corrected chi connectivity index (χ0v) is 17.6.